The van der Waals surface area contributed by atoms with Crippen LogP contribution in [0.1, 0.15) is 43.7 Å². The van der Waals surface area contributed by atoms with Crippen molar-refractivity contribution in [3.63, 3.8) is 0 Å². The molecule has 11 nitrogen and oxygen atoms in total. The molecular formula is C32H44N6O5S. The van der Waals surface area contributed by atoms with Crippen molar-refractivity contribution in [2.45, 2.75) is 57.5 Å². The van der Waals surface area contributed by atoms with Gasteiger partial charge in [-0.05, 0) is 55.6 Å². The summed E-state index contributed by atoms with van der Waals surface area (Å²) in [5, 5.41) is 11.2. The molecule has 0 bridgehead atoms. The van der Waals surface area contributed by atoms with Gasteiger partial charge in [-0.3, -0.25) is 25.1 Å². The largest absolute Gasteiger partial charge is 0.368 e. The molecule has 2 aromatic carbocycles. The van der Waals surface area contributed by atoms with Gasteiger partial charge in [-0.25, -0.2) is 8.42 Å². The van der Waals surface area contributed by atoms with E-state index >= 15 is 0 Å². The van der Waals surface area contributed by atoms with Crippen molar-refractivity contribution in [1.29, 1.82) is 5.41 Å². The zero-order chi connectivity index (χ0) is 31.9. The van der Waals surface area contributed by atoms with E-state index in [4.69, 9.17) is 11.1 Å². The SMILES string of the molecule is CC(Cc1ccccc1)C(=O)NC(=N)N1CCC(CN([C@H](Cc2ccccc2)C(=O)N2CCC[C@H]2C(N)=O)S(C)(=O)=O)CC1. The third-order valence-electron chi connectivity index (χ3n) is 8.64. The minimum Gasteiger partial charge on any atom is -0.368 e. The summed E-state index contributed by atoms with van der Waals surface area (Å²) in [5.41, 5.74) is 7.46. The van der Waals surface area contributed by atoms with Crippen molar-refractivity contribution in [2.24, 2.45) is 17.6 Å². The molecule has 0 radical (unpaired) electrons. The monoisotopic (exact) mass is 624 g/mol. The molecule has 3 atom stereocenters. The molecule has 238 valence electrons. The van der Waals surface area contributed by atoms with Crippen molar-refractivity contribution in [3.8, 4) is 0 Å². The van der Waals surface area contributed by atoms with Crippen molar-refractivity contribution in [3.05, 3.63) is 71.8 Å². The Kier molecular flexibility index (Phi) is 11.1. The molecule has 0 aromatic heterocycles. The molecule has 2 aliphatic rings. The van der Waals surface area contributed by atoms with Gasteiger partial charge < -0.3 is 15.5 Å². The lowest BCUT2D eigenvalue weighted by Crippen LogP contribution is -2.56. The number of hydrogen-bond acceptors (Lipinski definition) is 6. The summed E-state index contributed by atoms with van der Waals surface area (Å²) in [6.45, 7) is 3.27. The van der Waals surface area contributed by atoms with Crippen LogP contribution in [0.3, 0.4) is 0 Å². The van der Waals surface area contributed by atoms with Gasteiger partial charge in [0, 0.05) is 32.1 Å². The first-order valence-electron chi connectivity index (χ1n) is 15.2. The number of rotatable bonds is 11. The Labute approximate surface area is 260 Å². The van der Waals surface area contributed by atoms with Gasteiger partial charge in [0.05, 0.1) is 6.26 Å². The van der Waals surface area contributed by atoms with E-state index in [0.29, 0.717) is 51.7 Å². The number of amides is 3. The van der Waals surface area contributed by atoms with Crippen LogP contribution in [-0.4, -0.2) is 90.7 Å². The van der Waals surface area contributed by atoms with Crippen LogP contribution in [0.15, 0.2) is 60.7 Å². The van der Waals surface area contributed by atoms with Gasteiger partial charge in [0.15, 0.2) is 5.96 Å². The number of carbonyl (C=O) groups is 3. The molecule has 0 aliphatic carbocycles. The van der Waals surface area contributed by atoms with Gasteiger partial charge in [0.1, 0.15) is 12.1 Å². The molecule has 2 aromatic rings. The van der Waals surface area contributed by atoms with Crippen molar-refractivity contribution < 1.29 is 22.8 Å². The molecule has 12 heteroatoms. The van der Waals surface area contributed by atoms with E-state index in [1.54, 1.807) is 4.90 Å². The Bertz CT molecular complexity index is 1410. The maximum Gasteiger partial charge on any atom is 0.242 e. The van der Waals surface area contributed by atoms with Crippen molar-refractivity contribution in [2.75, 3.05) is 32.4 Å². The average molecular weight is 625 g/mol. The summed E-state index contributed by atoms with van der Waals surface area (Å²) in [5.74, 6) is -1.54. The van der Waals surface area contributed by atoms with Crippen LogP contribution in [0.4, 0.5) is 0 Å². The molecule has 0 saturated carbocycles. The first kappa shape index (κ1) is 33.1. The number of nitrogens with two attached hydrogens (primary N) is 1. The van der Waals surface area contributed by atoms with Crippen LogP contribution in [0, 0.1) is 17.2 Å². The van der Waals surface area contributed by atoms with E-state index in [1.165, 1.54) is 9.21 Å². The van der Waals surface area contributed by atoms with Crippen LogP contribution in [0.2, 0.25) is 0 Å². The molecule has 2 saturated heterocycles. The number of nitrogens with one attached hydrogen (secondary N) is 2. The number of carbonyl (C=O) groups excluding carboxylic acids is 3. The van der Waals surface area contributed by atoms with Crippen LogP contribution in [0.5, 0.6) is 0 Å². The number of likely N-dealkylation sites (tertiary alicyclic amines) is 2. The molecule has 4 rings (SSSR count). The Balaban J connectivity index is 1.41. The zero-order valence-corrected chi connectivity index (χ0v) is 26.3. The maximum absolute atomic E-state index is 13.9. The number of hydrogen-bond donors (Lipinski definition) is 3. The molecule has 2 fully saturated rings. The normalized spacial score (nSPS) is 19.0. The van der Waals surface area contributed by atoms with Gasteiger partial charge in [-0.15, -0.1) is 0 Å². The third kappa shape index (κ3) is 8.66. The van der Waals surface area contributed by atoms with Gasteiger partial charge >= 0.3 is 0 Å². The van der Waals surface area contributed by atoms with E-state index in [9.17, 15) is 22.8 Å². The highest BCUT2D eigenvalue weighted by Crippen LogP contribution is 2.26. The lowest BCUT2D eigenvalue weighted by atomic mass is 9.95. The quantitative estimate of drug-likeness (QED) is 0.256. The predicted molar refractivity (Wildman–Crippen MR) is 169 cm³/mol. The molecular weight excluding hydrogens is 580 g/mol. The van der Waals surface area contributed by atoms with Crippen LogP contribution in [-0.2, 0) is 37.2 Å². The first-order valence-corrected chi connectivity index (χ1v) is 17.1. The minimum absolute atomic E-state index is 0.0389. The molecule has 2 aliphatic heterocycles. The summed E-state index contributed by atoms with van der Waals surface area (Å²) in [7, 11) is -3.82. The van der Waals surface area contributed by atoms with Crippen molar-refractivity contribution >= 4 is 33.7 Å². The molecule has 2 heterocycles. The van der Waals surface area contributed by atoms with Crippen LogP contribution in [0.25, 0.3) is 0 Å². The summed E-state index contributed by atoms with van der Waals surface area (Å²) in [6.07, 6.45) is 4.12. The third-order valence-corrected chi connectivity index (χ3v) is 9.89. The number of piperidine rings is 1. The number of nitrogens with zero attached hydrogens (tertiary/aromatic N) is 3. The molecule has 4 N–H and O–H groups in total. The van der Waals surface area contributed by atoms with Crippen LogP contribution < -0.4 is 11.1 Å². The second-order valence-corrected chi connectivity index (χ2v) is 13.9. The van der Waals surface area contributed by atoms with Gasteiger partial charge in [0.25, 0.3) is 0 Å². The smallest absolute Gasteiger partial charge is 0.242 e. The predicted octanol–water partition coefficient (Wildman–Crippen LogP) is 1.98. The summed E-state index contributed by atoms with van der Waals surface area (Å²) < 4.78 is 27.8. The highest BCUT2D eigenvalue weighted by molar-refractivity contribution is 7.88. The highest BCUT2D eigenvalue weighted by Gasteiger charge is 2.41. The second-order valence-electron chi connectivity index (χ2n) is 12.0. The Hall–Kier alpha value is -3.77. The Morgan fingerprint density at radius 1 is 0.955 bits per heavy atom. The Morgan fingerprint density at radius 2 is 1.52 bits per heavy atom. The van der Waals surface area contributed by atoms with E-state index in [2.05, 4.69) is 5.32 Å². The maximum atomic E-state index is 13.9. The average Bonchev–Trinajstić information content (AvgIpc) is 3.50. The number of guanidine groups is 1. The molecule has 44 heavy (non-hydrogen) atoms. The van der Waals surface area contributed by atoms with E-state index in [-0.39, 0.29) is 36.7 Å². The highest BCUT2D eigenvalue weighted by atomic mass is 32.2. The van der Waals surface area contributed by atoms with Gasteiger partial charge in [-0.1, -0.05) is 67.6 Å². The van der Waals surface area contributed by atoms with Gasteiger partial charge in [-0.2, -0.15) is 4.31 Å². The second kappa shape index (κ2) is 14.8. The lowest BCUT2D eigenvalue weighted by Gasteiger charge is -2.38. The van der Waals surface area contributed by atoms with Crippen LogP contribution >= 0.6 is 0 Å². The fraction of sp³-hybridized carbons (Fsp3) is 0.500. The van der Waals surface area contributed by atoms with E-state index < -0.39 is 33.9 Å². The summed E-state index contributed by atoms with van der Waals surface area (Å²) >= 11 is 0. The van der Waals surface area contributed by atoms with Gasteiger partial charge in [0.2, 0.25) is 27.7 Å². The number of primary amides is 1. The van der Waals surface area contributed by atoms with Crippen molar-refractivity contribution in [1.82, 2.24) is 19.4 Å². The van der Waals surface area contributed by atoms with E-state index in [1.807, 2.05) is 67.6 Å². The first-order chi connectivity index (χ1) is 20.9. The summed E-state index contributed by atoms with van der Waals surface area (Å²) in [6, 6.07) is 17.2. The molecule has 3 amide bonds. The minimum atomic E-state index is -3.82. The number of benzene rings is 2. The summed E-state index contributed by atoms with van der Waals surface area (Å²) in [4.78, 5) is 42.1. The zero-order valence-electron chi connectivity index (χ0n) is 25.5. The molecule has 0 spiro atoms. The Morgan fingerprint density at radius 3 is 2.07 bits per heavy atom. The number of sulfonamides is 1. The topological polar surface area (TPSA) is 157 Å². The standard InChI is InChI=1S/C32H44N6O5S/c1-23(20-24-10-5-3-6-11-24)30(40)35-32(34)36-18-15-26(16-19-36)22-38(44(2,42)43)28(21-25-12-7-4-8-13-25)31(41)37-17-9-14-27(37)29(33)39/h3-8,10-13,23,26-28H,9,14-22H2,1-2H3,(H2,33,39)(H2,34,35,40)/t23?,27-,28+/m0/s1. The lowest BCUT2D eigenvalue weighted by molar-refractivity contribution is -0.140. The van der Waals surface area contributed by atoms with E-state index in [0.717, 1.165) is 17.4 Å². The fourth-order valence-electron chi connectivity index (χ4n) is 6.13. The fourth-order valence-corrected chi connectivity index (χ4v) is 7.24. The molecule has 1 unspecified atom stereocenters.